The van der Waals surface area contributed by atoms with Crippen molar-refractivity contribution in [2.75, 3.05) is 31.1 Å². The Morgan fingerprint density at radius 3 is 2.56 bits per heavy atom. The van der Waals surface area contributed by atoms with Crippen molar-refractivity contribution in [2.24, 2.45) is 0 Å². The molecule has 0 bridgehead atoms. The van der Waals surface area contributed by atoms with E-state index in [0.29, 0.717) is 10.4 Å². The lowest BCUT2D eigenvalue weighted by molar-refractivity contribution is 0.590. The molecular formula is C18H18ClN3O2S. The second kappa shape index (κ2) is 6.37. The van der Waals surface area contributed by atoms with Gasteiger partial charge in [0.05, 0.1) is 21.0 Å². The number of fused-ring (bicyclic) bond motifs is 1. The first kappa shape index (κ1) is 16.4. The van der Waals surface area contributed by atoms with Crippen molar-refractivity contribution in [1.82, 2.24) is 10.3 Å². The average molecular weight is 376 g/mol. The summed E-state index contributed by atoms with van der Waals surface area (Å²) >= 11 is 5.97. The summed E-state index contributed by atoms with van der Waals surface area (Å²) in [7, 11) is -3.64. The van der Waals surface area contributed by atoms with E-state index < -0.39 is 9.84 Å². The number of halogens is 1. The third-order valence-electron chi connectivity index (χ3n) is 4.51. The molecule has 25 heavy (non-hydrogen) atoms. The number of aromatic nitrogens is 1. The number of rotatable bonds is 3. The lowest BCUT2D eigenvalue weighted by Gasteiger charge is -2.29. The summed E-state index contributed by atoms with van der Waals surface area (Å²) in [6.45, 7) is 3.64. The van der Waals surface area contributed by atoms with Crippen LogP contribution < -0.4 is 10.2 Å². The third kappa shape index (κ3) is 2.90. The predicted octanol–water partition coefficient (Wildman–Crippen LogP) is 3.06. The molecule has 0 spiro atoms. The summed E-state index contributed by atoms with van der Waals surface area (Å²) in [6.07, 6.45) is 1.58. The standard InChI is InChI=1S/C18H18ClN3O2S/c19-13-3-1-4-14(11-13)25(23,24)17-12-21-18-15(17)5-2-6-16(18)22-9-7-20-8-10-22/h1-6,11-12,20-21H,7-10H2. The Balaban J connectivity index is 1.84. The molecule has 1 aliphatic heterocycles. The van der Waals surface area contributed by atoms with Gasteiger partial charge in [0.1, 0.15) is 0 Å². The molecule has 3 aromatic rings. The van der Waals surface area contributed by atoms with E-state index in [9.17, 15) is 8.42 Å². The fraction of sp³-hybridized carbons (Fsp3) is 0.222. The van der Waals surface area contributed by atoms with Gasteiger partial charge in [0.15, 0.2) is 0 Å². The van der Waals surface area contributed by atoms with Gasteiger partial charge in [-0.25, -0.2) is 8.42 Å². The van der Waals surface area contributed by atoms with E-state index in [2.05, 4.69) is 15.2 Å². The van der Waals surface area contributed by atoms with Crippen molar-refractivity contribution >= 4 is 38.0 Å². The Labute approximate surface area is 151 Å². The van der Waals surface area contributed by atoms with Crippen LogP contribution in [0.5, 0.6) is 0 Å². The fourth-order valence-corrected chi connectivity index (χ4v) is 4.99. The van der Waals surface area contributed by atoms with Crippen LogP contribution in [0.15, 0.2) is 58.5 Å². The molecule has 0 aliphatic carbocycles. The maximum absolute atomic E-state index is 13.0. The molecule has 1 saturated heterocycles. The normalized spacial score (nSPS) is 15.6. The molecule has 1 fully saturated rings. The Kier molecular flexibility index (Phi) is 4.19. The molecule has 0 unspecified atom stereocenters. The zero-order chi connectivity index (χ0) is 17.4. The molecule has 0 radical (unpaired) electrons. The number of aromatic amines is 1. The number of benzene rings is 2. The van der Waals surface area contributed by atoms with Crippen LogP contribution in [0.3, 0.4) is 0 Å². The molecule has 0 amide bonds. The number of sulfone groups is 1. The van der Waals surface area contributed by atoms with Gasteiger partial charge in [0.25, 0.3) is 0 Å². The number of piperazine rings is 1. The van der Waals surface area contributed by atoms with Crippen LogP contribution in [-0.4, -0.2) is 39.6 Å². The minimum atomic E-state index is -3.64. The second-order valence-corrected chi connectivity index (χ2v) is 8.41. The Bertz CT molecular complexity index is 1020. The number of H-pyrrole nitrogens is 1. The quantitative estimate of drug-likeness (QED) is 0.738. The largest absolute Gasteiger partial charge is 0.367 e. The van der Waals surface area contributed by atoms with Crippen molar-refractivity contribution in [3.63, 3.8) is 0 Å². The molecule has 7 heteroatoms. The topological polar surface area (TPSA) is 65.2 Å². The summed E-state index contributed by atoms with van der Waals surface area (Å²) in [4.78, 5) is 5.92. The fourth-order valence-electron chi connectivity index (χ4n) is 3.27. The van der Waals surface area contributed by atoms with Gasteiger partial charge in [-0.3, -0.25) is 0 Å². The smallest absolute Gasteiger partial charge is 0.208 e. The van der Waals surface area contributed by atoms with E-state index in [4.69, 9.17) is 11.6 Å². The van der Waals surface area contributed by atoms with Gasteiger partial charge in [-0.15, -0.1) is 0 Å². The maximum atomic E-state index is 13.0. The highest BCUT2D eigenvalue weighted by Gasteiger charge is 2.24. The molecule has 2 heterocycles. The first-order valence-electron chi connectivity index (χ1n) is 8.14. The lowest BCUT2D eigenvalue weighted by Crippen LogP contribution is -2.43. The highest BCUT2D eigenvalue weighted by molar-refractivity contribution is 7.91. The highest BCUT2D eigenvalue weighted by atomic mass is 35.5. The number of anilines is 1. The van der Waals surface area contributed by atoms with Gasteiger partial charge in [-0.1, -0.05) is 29.8 Å². The van der Waals surface area contributed by atoms with Crippen LogP contribution in [-0.2, 0) is 9.84 Å². The molecular weight excluding hydrogens is 358 g/mol. The van der Waals surface area contributed by atoms with Crippen LogP contribution in [0.25, 0.3) is 10.9 Å². The predicted molar refractivity (Wildman–Crippen MR) is 100 cm³/mol. The number of nitrogens with one attached hydrogen (secondary N) is 2. The van der Waals surface area contributed by atoms with Gasteiger partial charge < -0.3 is 15.2 Å². The van der Waals surface area contributed by atoms with Crippen molar-refractivity contribution < 1.29 is 8.42 Å². The molecule has 0 atom stereocenters. The van der Waals surface area contributed by atoms with E-state index in [1.165, 1.54) is 6.07 Å². The Morgan fingerprint density at radius 1 is 1.04 bits per heavy atom. The van der Waals surface area contributed by atoms with Crippen molar-refractivity contribution in [1.29, 1.82) is 0 Å². The second-order valence-electron chi connectivity index (χ2n) is 6.05. The maximum Gasteiger partial charge on any atom is 0.208 e. The van der Waals surface area contributed by atoms with Crippen molar-refractivity contribution in [3.8, 4) is 0 Å². The van der Waals surface area contributed by atoms with E-state index in [1.807, 2.05) is 18.2 Å². The van der Waals surface area contributed by atoms with Gasteiger partial charge in [-0.05, 0) is 24.3 Å². The summed E-state index contributed by atoms with van der Waals surface area (Å²) in [5.74, 6) is 0. The highest BCUT2D eigenvalue weighted by Crippen LogP contribution is 2.34. The van der Waals surface area contributed by atoms with E-state index in [-0.39, 0.29) is 9.79 Å². The molecule has 2 N–H and O–H groups in total. The summed E-state index contributed by atoms with van der Waals surface area (Å²) in [6, 6.07) is 12.1. The van der Waals surface area contributed by atoms with E-state index in [1.54, 1.807) is 24.4 Å². The monoisotopic (exact) mass is 375 g/mol. The minimum Gasteiger partial charge on any atom is -0.367 e. The molecule has 5 nitrogen and oxygen atoms in total. The number of nitrogens with zero attached hydrogens (tertiary/aromatic N) is 1. The van der Waals surface area contributed by atoms with Gasteiger partial charge in [0.2, 0.25) is 9.84 Å². The van der Waals surface area contributed by atoms with Crippen LogP contribution in [0.4, 0.5) is 5.69 Å². The summed E-state index contributed by atoms with van der Waals surface area (Å²) in [5, 5.41) is 4.44. The molecule has 0 saturated carbocycles. The molecule has 1 aliphatic rings. The molecule has 2 aromatic carbocycles. The number of para-hydroxylation sites is 1. The third-order valence-corrected chi connectivity index (χ3v) is 6.54. The first-order chi connectivity index (χ1) is 12.1. The minimum absolute atomic E-state index is 0.202. The molecule has 130 valence electrons. The Hall–Kier alpha value is -2.02. The van der Waals surface area contributed by atoms with Crippen LogP contribution in [0.1, 0.15) is 0 Å². The van der Waals surface area contributed by atoms with Crippen molar-refractivity contribution in [2.45, 2.75) is 9.79 Å². The molecule has 4 rings (SSSR count). The van der Waals surface area contributed by atoms with E-state index in [0.717, 1.165) is 37.4 Å². The van der Waals surface area contributed by atoms with Gasteiger partial charge in [0, 0.05) is 42.8 Å². The van der Waals surface area contributed by atoms with Crippen LogP contribution in [0.2, 0.25) is 5.02 Å². The van der Waals surface area contributed by atoms with Crippen LogP contribution >= 0.6 is 11.6 Å². The summed E-state index contributed by atoms with van der Waals surface area (Å²) < 4.78 is 26.1. The Morgan fingerprint density at radius 2 is 1.80 bits per heavy atom. The summed E-state index contributed by atoms with van der Waals surface area (Å²) in [5.41, 5.74) is 1.89. The van der Waals surface area contributed by atoms with Gasteiger partial charge >= 0.3 is 0 Å². The van der Waals surface area contributed by atoms with Crippen molar-refractivity contribution in [3.05, 3.63) is 53.7 Å². The first-order valence-corrected chi connectivity index (χ1v) is 10.00. The van der Waals surface area contributed by atoms with Crippen LogP contribution in [0, 0.1) is 0 Å². The zero-order valence-corrected chi connectivity index (χ0v) is 15.1. The van der Waals surface area contributed by atoms with E-state index >= 15 is 0 Å². The number of hydrogen-bond acceptors (Lipinski definition) is 4. The number of hydrogen-bond donors (Lipinski definition) is 2. The molecule has 1 aromatic heterocycles. The average Bonchev–Trinajstić information content (AvgIpc) is 3.07. The SMILES string of the molecule is O=S(=O)(c1cccc(Cl)c1)c1c[nH]c2c(N3CCNCC3)cccc12. The van der Waals surface area contributed by atoms with Gasteiger partial charge in [-0.2, -0.15) is 0 Å². The lowest BCUT2D eigenvalue weighted by atomic mass is 10.2. The zero-order valence-electron chi connectivity index (χ0n) is 13.5.